The van der Waals surface area contributed by atoms with Crippen LogP contribution in [0.15, 0.2) is 24.3 Å². The standard InChI is InChI=1S/C24H34N2O5.C2HF3O2/c1-3-30-22(27)16-18-7-9-19(10-8-18)23(28)25-14-11-21(12-15-25)26-13-5-6-20(17-26)24(29)31-4-2;3-2(4,5)1(6)7/h7-10,20-21H,3-6,11-17H2,1-2H3;(H,6,7). The molecule has 1 amide bonds. The number of aliphatic carboxylic acids is 1. The number of halogens is 3. The van der Waals surface area contributed by atoms with Gasteiger partial charge in [-0.1, -0.05) is 12.1 Å². The van der Waals surface area contributed by atoms with Crippen molar-refractivity contribution in [2.75, 3.05) is 39.4 Å². The molecule has 1 atom stereocenters. The maximum atomic E-state index is 12.9. The van der Waals surface area contributed by atoms with Crippen LogP contribution in [0.1, 0.15) is 55.5 Å². The van der Waals surface area contributed by atoms with Gasteiger partial charge in [-0.3, -0.25) is 19.3 Å². The number of carboxylic acid groups (broad SMARTS) is 1. The molecular formula is C26H35F3N2O7. The smallest absolute Gasteiger partial charge is 0.475 e. The van der Waals surface area contributed by atoms with Crippen LogP contribution in [-0.4, -0.2) is 90.3 Å². The number of ether oxygens (including phenoxy) is 2. The van der Waals surface area contributed by atoms with Gasteiger partial charge in [0.1, 0.15) is 0 Å². The summed E-state index contributed by atoms with van der Waals surface area (Å²) in [6.45, 7) is 7.64. The van der Waals surface area contributed by atoms with Crippen LogP contribution in [0.4, 0.5) is 13.2 Å². The van der Waals surface area contributed by atoms with Crippen molar-refractivity contribution < 1.29 is 46.9 Å². The Labute approximate surface area is 219 Å². The molecule has 1 aromatic rings. The highest BCUT2D eigenvalue weighted by Crippen LogP contribution is 2.25. The second kappa shape index (κ2) is 14.7. The van der Waals surface area contributed by atoms with Crippen molar-refractivity contribution in [1.82, 2.24) is 9.80 Å². The third-order valence-electron chi connectivity index (χ3n) is 6.44. The Hall–Kier alpha value is -3.15. The molecular weight excluding hydrogens is 509 g/mol. The highest BCUT2D eigenvalue weighted by molar-refractivity contribution is 5.94. The van der Waals surface area contributed by atoms with Crippen LogP contribution in [0.25, 0.3) is 0 Å². The van der Waals surface area contributed by atoms with E-state index in [-0.39, 0.29) is 30.2 Å². The molecule has 2 saturated heterocycles. The number of amides is 1. The molecule has 0 aliphatic carbocycles. The third kappa shape index (κ3) is 9.62. The average Bonchev–Trinajstić information content (AvgIpc) is 2.89. The molecule has 2 aliphatic rings. The Kier molecular flexibility index (Phi) is 12.0. The molecule has 38 heavy (non-hydrogen) atoms. The van der Waals surface area contributed by atoms with Gasteiger partial charge in [0, 0.05) is 31.2 Å². The van der Waals surface area contributed by atoms with Gasteiger partial charge in [0.2, 0.25) is 0 Å². The third-order valence-corrected chi connectivity index (χ3v) is 6.44. The van der Waals surface area contributed by atoms with E-state index in [2.05, 4.69) is 4.90 Å². The number of hydrogen-bond donors (Lipinski definition) is 1. The van der Waals surface area contributed by atoms with Crippen molar-refractivity contribution in [1.29, 1.82) is 0 Å². The minimum Gasteiger partial charge on any atom is -0.475 e. The van der Waals surface area contributed by atoms with E-state index in [1.165, 1.54) is 0 Å². The van der Waals surface area contributed by atoms with E-state index < -0.39 is 12.1 Å². The molecule has 2 aliphatic heterocycles. The number of rotatable bonds is 7. The van der Waals surface area contributed by atoms with Crippen LogP contribution in [0.2, 0.25) is 0 Å². The van der Waals surface area contributed by atoms with Crippen molar-refractivity contribution in [3.63, 3.8) is 0 Å². The lowest BCUT2D eigenvalue weighted by Gasteiger charge is -2.41. The Morgan fingerprint density at radius 2 is 1.53 bits per heavy atom. The summed E-state index contributed by atoms with van der Waals surface area (Å²) in [4.78, 5) is 49.8. The Morgan fingerprint density at radius 3 is 2.05 bits per heavy atom. The highest BCUT2D eigenvalue weighted by atomic mass is 19.4. The zero-order valence-electron chi connectivity index (χ0n) is 21.7. The van der Waals surface area contributed by atoms with Crippen LogP contribution in [0.5, 0.6) is 0 Å². The number of hydrogen-bond acceptors (Lipinski definition) is 7. The first kappa shape index (κ1) is 31.1. The lowest BCUT2D eigenvalue weighted by Crippen LogP contribution is -2.50. The summed E-state index contributed by atoms with van der Waals surface area (Å²) in [6, 6.07) is 7.63. The first-order valence-electron chi connectivity index (χ1n) is 12.7. The number of benzene rings is 1. The van der Waals surface area contributed by atoms with Gasteiger partial charge in [0.15, 0.2) is 0 Å². The number of likely N-dealkylation sites (tertiary alicyclic amines) is 2. The minimum absolute atomic E-state index is 0.0264. The molecule has 1 aromatic carbocycles. The van der Waals surface area contributed by atoms with E-state index in [0.29, 0.717) is 37.9 Å². The molecule has 1 unspecified atom stereocenters. The Bertz CT molecular complexity index is 945. The van der Waals surface area contributed by atoms with Crippen molar-refractivity contribution >= 4 is 23.8 Å². The van der Waals surface area contributed by atoms with E-state index in [0.717, 1.165) is 44.3 Å². The predicted octanol–water partition coefficient (Wildman–Crippen LogP) is 3.31. The number of alkyl halides is 3. The van der Waals surface area contributed by atoms with Crippen molar-refractivity contribution in [2.24, 2.45) is 5.92 Å². The minimum atomic E-state index is -5.08. The van der Waals surface area contributed by atoms with Gasteiger partial charge in [-0.05, 0) is 63.8 Å². The first-order valence-corrected chi connectivity index (χ1v) is 12.7. The van der Waals surface area contributed by atoms with Gasteiger partial charge in [-0.15, -0.1) is 0 Å². The van der Waals surface area contributed by atoms with Gasteiger partial charge in [0.25, 0.3) is 5.91 Å². The second-order valence-corrected chi connectivity index (χ2v) is 9.09. The summed E-state index contributed by atoms with van der Waals surface area (Å²) >= 11 is 0. The number of nitrogens with zero attached hydrogens (tertiary/aromatic N) is 2. The van der Waals surface area contributed by atoms with Gasteiger partial charge >= 0.3 is 24.1 Å². The second-order valence-electron chi connectivity index (χ2n) is 9.09. The normalized spacial score (nSPS) is 18.7. The lowest BCUT2D eigenvalue weighted by molar-refractivity contribution is -0.192. The number of piperidine rings is 2. The summed E-state index contributed by atoms with van der Waals surface area (Å²) in [7, 11) is 0. The molecule has 2 fully saturated rings. The van der Waals surface area contributed by atoms with Crippen LogP contribution in [0, 0.1) is 5.92 Å². The van der Waals surface area contributed by atoms with Gasteiger partial charge in [0.05, 0.1) is 25.6 Å². The number of carbonyl (C=O) groups is 4. The molecule has 0 spiro atoms. The maximum Gasteiger partial charge on any atom is 0.490 e. The summed E-state index contributed by atoms with van der Waals surface area (Å²) in [5.74, 6) is -3.09. The molecule has 0 radical (unpaired) electrons. The van der Waals surface area contributed by atoms with Crippen molar-refractivity contribution in [2.45, 2.75) is 58.2 Å². The van der Waals surface area contributed by atoms with Crippen LogP contribution in [-0.2, 0) is 30.3 Å². The number of carbonyl (C=O) groups excluding carboxylic acids is 3. The highest BCUT2D eigenvalue weighted by Gasteiger charge is 2.38. The summed E-state index contributed by atoms with van der Waals surface area (Å²) in [6.07, 6.45) is -1.11. The largest absolute Gasteiger partial charge is 0.490 e. The molecule has 2 heterocycles. The Balaban J connectivity index is 0.000000638. The molecule has 0 aromatic heterocycles. The summed E-state index contributed by atoms with van der Waals surface area (Å²) in [5, 5.41) is 7.12. The van der Waals surface area contributed by atoms with E-state index in [4.69, 9.17) is 19.4 Å². The van der Waals surface area contributed by atoms with Crippen molar-refractivity contribution in [3.05, 3.63) is 35.4 Å². The Morgan fingerprint density at radius 1 is 0.947 bits per heavy atom. The van der Waals surface area contributed by atoms with E-state index in [1.54, 1.807) is 19.1 Å². The fraction of sp³-hybridized carbons (Fsp3) is 0.615. The van der Waals surface area contributed by atoms with E-state index in [9.17, 15) is 27.6 Å². The van der Waals surface area contributed by atoms with Crippen molar-refractivity contribution in [3.8, 4) is 0 Å². The molecule has 0 bridgehead atoms. The monoisotopic (exact) mass is 544 g/mol. The first-order chi connectivity index (χ1) is 18.0. The molecule has 12 heteroatoms. The van der Waals surface area contributed by atoms with Gasteiger partial charge in [-0.25, -0.2) is 4.79 Å². The molecule has 3 rings (SSSR count). The SMILES string of the molecule is CCOC(=O)Cc1ccc(C(=O)N2CCC(N3CCCC(C(=O)OCC)C3)CC2)cc1.O=C(O)C(F)(F)F. The molecule has 212 valence electrons. The zero-order chi connectivity index (χ0) is 28.3. The molecule has 0 saturated carbocycles. The number of carboxylic acids is 1. The fourth-order valence-electron chi connectivity index (χ4n) is 4.55. The van der Waals surface area contributed by atoms with Crippen LogP contribution >= 0.6 is 0 Å². The quantitative estimate of drug-likeness (QED) is 0.521. The number of esters is 2. The van der Waals surface area contributed by atoms with Crippen LogP contribution in [0.3, 0.4) is 0 Å². The predicted molar refractivity (Wildman–Crippen MR) is 130 cm³/mol. The van der Waals surface area contributed by atoms with E-state index in [1.807, 2.05) is 24.0 Å². The van der Waals surface area contributed by atoms with Gasteiger partial charge < -0.3 is 19.5 Å². The fourth-order valence-corrected chi connectivity index (χ4v) is 4.55. The maximum absolute atomic E-state index is 12.9. The van der Waals surface area contributed by atoms with Gasteiger partial charge in [-0.2, -0.15) is 13.2 Å². The molecule has 1 N–H and O–H groups in total. The summed E-state index contributed by atoms with van der Waals surface area (Å²) < 4.78 is 41.9. The van der Waals surface area contributed by atoms with E-state index >= 15 is 0 Å². The topological polar surface area (TPSA) is 113 Å². The van der Waals surface area contributed by atoms with Crippen LogP contribution < -0.4 is 0 Å². The summed E-state index contributed by atoms with van der Waals surface area (Å²) in [5.41, 5.74) is 1.49. The lowest BCUT2D eigenvalue weighted by atomic mass is 9.93. The zero-order valence-corrected chi connectivity index (χ0v) is 21.7. The average molecular weight is 545 g/mol. The molecule has 9 nitrogen and oxygen atoms in total.